The number of halogens is 1. The zero-order valence-electron chi connectivity index (χ0n) is 9.14. The standard InChI is InChI=1S/C13H9ClN2O/c1-9-2-5-12(14)13(6-9)17-11-4-3-10(7-15)16-8-11/h2-6,8H,1H3. The third-order valence-corrected chi connectivity index (χ3v) is 2.48. The predicted molar refractivity (Wildman–Crippen MR) is 65.2 cm³/mol. The molecule has 0 amide bonds. The first-order chi connectivity index (χ1) is 8.19. The van der Waals surface area contributed by atoms with Gasteiger partial charge in [-0.05, 0) is 36.8 Å². The molecule has 3 nitrogen and oxygen atoms in total. The number of aromatic nitrogens is 1. The summed E-state index contributed by atoms with van der Waals surface area (Å²) >= 11 is 6.01. The number of ether oxygens (including phenoxy) is 1. The highest BCUT2D eigenvalue weighted by Crippen LogP contribution is 2.29. The Morgan fingerprint density at radius 1 is 1.29 bits per heavy atom. The molecule has 0 unspecified atom stereocenters. The van der Waals surface area contributed by atoms with Crippen molar-refractivity contribution in [2.75, 3.05) is 0 Å². The molecule has 0 fully saturated rings. The summed E-state index contributed by atoms with van der Waals surface area (Å²) in [5.74, 6) is 1.13. The molecular weight excluding hydrogens is 236 g/mol. The molecule has 17 heavy (non-hydrogen) atoms. The van der Waals surface area contributed by atoms with E-state index in [-0.39, 0.29) is 0 Å². The maximum Gasteiger partial charge on any atom is 0.146 e. The number of nitrogens with zero attached hydrogens (tertiary/aromatic N) is 2. The lowest BCUT2D eigenvalue weighted by molar-refractivity contribution is 0.480. The van der Waals surface area contributed by atoms with Crippen LogP contribution >= 0.6 is 11.6 Å². The van der Waals surface area contributed by atoms with Gasteiger partial charge in [-0.2, -0.15) is 5.26 Å². The molecule has 4 heteroatoms. The van der Waals surface area contributed by atoms with Crippen molar-refractivity contribution in [2.45, 2.75) is 6.92 Å². The number of hydrogen-bond donors (Lipinski definition) is 0. The van der Waals surface area contributed by atoms with E-state index in [2.05, 4.69) is 4.98 Å². The monoisotopic (exact) mass is 244 g/mol. The Kier molecular flexibility index (Phi) is 3.27. The summed E-state index contributed by atoms with van der Waals surface area (Å²) in [6.45, 7) is 1.96. The first kappa shape index (κ1) is 11.4. The topological polar surface area (TPSA) is 45.9 Å². The lowest BCUT2D eigenvalue weighted by atomic mass is 10.2. The normalized spacial score (nSPS) is 9.71. The van der Waals surface area contributed by atoms with Gasteiger partial charge < -0.3 is 4.74 Å². The van der Waals surface area contributed by atoms with E-state index in [1.807, 2.05) is 25.1 Å². The Bertz CT molecular complexity index is 573. The number of pyridine rings is 1. The van der Waals surface area contributed by atoms with Crippen molar-refractivity contribution in [3.8, 4) is 17.6 Å². The lowest BCUT2D eigenvalue weighted by Gasteiger charge is -2.07. The van der Waals surface area contributed by atoms with E-state index in [0.29, 0.717) is 22.2 Å². The summed E-state index contributed by atoms with van der Waals surface area (Å²) in [6.07, 6.45) is 1.50. The highest BCUT2D eigenvalue weighted by molar-refractivity contribution is 6.32. The number of nitriles is 1. The van der Waals surface area contributed by atoms with E-state index >= 15 is 0 Å². The van der Waals surface area contributed by atoms with Crippen molar-refractivity contribution in [1.29, 1.82) is 5.26 Å². The van der Waals surface area contributed by atoms with Crippen LogP contribution < -0.4 is 4.74 Å². The van der Waals surface area contributed by atoms with Gasteiger partial charge in [0.1, 0.15) is 23.3 Å². The second-order valence-corrected chi connectivity index (χ2v) is 3.93. The molecule has 0 saturated heterocycles. The molecular formula is C13H9ClN2O. The molecule has 0 aliphatic rings. The molecule has 2 rings (SSSR count). The first-order valence-electron chi connectivity index (χ1n) is 4.99. The molecule has 0 N–H and O–H groups in total. The molecule has 0 aliphatic carbocycles. The van der Waals surface area contributed by atoms with Crippen LogP contribution in [0, 0.1) is 18.3 Å². The summed E-state index contributed by atoms with van der Waals surface area (Å²) in [7, 11) is 0. The van der Waals surface area contributed by atoms with Crippen molar-refractivity contribution in [2.24, 2.45) is 0 Å². The summed E-state index contributed by atoms with van der Waals surface area (Å²) in [5, 5.41) is 9.17. The Morgan fingerprint density at radius 2 is 2.12 bits per heavy atom. The van der Waals surface area contributed by atoms with E-state index in [1.54, 1.807) is 18.2 Å². The van der Waals surface area contributed by atoms with Gasteiger partial charge in [0.25, 0.3) is 0 Å². The van der Waals surface area contributed by atoms with Gasteiger partial charge in [-0.15, -0.1) is 0 Å². The maximum atomic E-state index is 8.62. The van der Waals surface area contributed by atoms with Gasteiger partial charge in [0.15, 0.2) is 0 Å². The Labute approximate surface area is 104 Å². The van der Waals surface area contributed by atoms with Gasteiger partial charge in [-0.1, -0.05) is 17.7 Å². The lowest BCUT2D eigenvalue weighted by Crippen LogP contribution is -1.88. The SMILES string of the molecule is Cc1ccc(Cl)c(Oc2ccc(C#N)nc2)c1. The summed E-state index contributed by atoms with van der Waals surface area (Å²) in [5.41, 5.74) is 1.42. The van der Waals surface area contributed by atoms with E-state index in [4.69, 9.17) is 21.6 Å². The second kappa shape index (κ2) is 4.86. The largest absolute Gasteiger partial charge is 0.454 e. The van der Waals surface area contributed by atoms with Gasteiger partial charge in [-0.3, -0.25) is 0 Å². The minimum Gasteiger partial charge on any atom is -0.454 e. The minimum atomic E-state index is 0.354. The Hall–Kier alpha value is -2.05. The molecule has 0 spiro atoms. The fourth-order valence-electron chi connectivity index (χ4n) is 1.32. The quantitative estimate of drug-likeness (QED) is 0.809. The molecule has 0 atom stereocenters. The second-order valence-electron chi connectivity index (χ2n) is 3.53. The van der Waals surface area contributed by atoms with Crippen molar-refractivity contribution >= 4 is 11.6 Å². The van der Waals surface area contributed by atoms with Gasteiger partial charge in [-0.25, -0.2) is 4.98 Å². The number of aryl methyl sites for hydroxylation is 1. The summed E-state index contributed by atoms with van der Waals surface area (Å²) in [4.78, 5) is 3.92. The van der Waals surface area contributed by atoms with E-state index in [9.17, 15) is 0 Å². The van der Waals surface area contributed by atoms with Gasteiger partial charge in [0.05, 0.1) is 11.2 Å². The third-order valence-electron chi connectivity index (χ3n) is 2.17. The van der Waals surface area contributed by atoms with Crippen LogP contribution in [0.5, 0.6) is 11.5 Å². The van der Waals surface area contributed by atoms with Crippen LogP contribution in [0.25, 0.3) is 0 Å². The average Bonchev–Trinajstić information content (AvgIpc) is 2.35. The molecule has 2 aromatic rings. The zero-order chi connectivity index (χ0) is 12.3. The first-order valence-corrected chi connectivity index (χ1v) is 5.37. The molecule has 1 aromatic carbocycles. The van der Waals surface area contributed by atoms with Crippen LogP contribution in [0.2, 0.25) is 5.02 Å². The van der Waals surface area contributed by atoms with E-state index in [1.165, 1.54) is 6.20 Å². The van der Waals surface area contributed by atoms with Crippen molar-refractivity contribution < 1.29 is 4.74 Å². The molecule has 0 bridgehead atoms. The third kappa shape index (κ3) is 2.74. The smallest absolute Gasteiger partial charge is 0.146 e. The predicted octanol–water partition coefficient (Wildman–Crippen LogP) is 3.71. The molecule has 0 aliphatic heterocycles. The van der Waals surface area contributed by atoms with Gasteiger partial charge in [0.2, 0.25) is 0 Å². The van der Waals surface area contributed by atoms with Crippen molar-refractivity contribution in [1.82, 2.24) is 4.98 Å². The highest BCUT2D eigenvalue weighted by Gasteiger charge is 2.03. The van der Waals surface area contributed by atoms with Gasteiger partial charge in [0, 0.05) is 0 Å². The highest BCUT2D eigenvalue weighted by atomic mass is 35.5. The number of rotatable bonds is 2. The van der Waals surface area contributed by atoms with Crippen molar-refractivity contribution in [3.63, 3.8) is 0 Å². The molecule has 1 aromatic heterocycles. The van der Waals surface area contributed by atoms with Crippen LogP contribution in [-0.2, 0) is 0 Å². The van der Waals surface area contributed by atoms with Crippen LogP contribution in [0.1, 0.15) is 11.3 Å². The Morgan fingerprint density at radius 3 is 2.76 bits per heavy atom. The van der Waals surface area contributed by atoms with Crippen LogP contribution in [0.4, 0.5) is 0 Å². The molecule has 0 radical (unpaired) electrons. The molecule has 0 saturated carbocycles. The fourth-order valence-corrected chi connectivity index (χ4v) is 1.48. The van der Waals surface area contributed by atoms with Crippen molar-refractivity contribution in [3.05, 3.63) is 52.8 Å². The zero-order valence-corrected chi connectivity index (χ0v) is 9.90. The van der Waals surface area contributed by atoms with Crippen LogP contribution in [0.3, 0.4) is 0 Å². The summed E-state index contributed by atoms with van der Waals surface area (Å²) < 4.78 is 5.59. The van der Waals surface area contributed by atoms with Gasteiger partial charge >= 0.3 is 0 Å². The van der Waals surface area contributed by atoms with E-state index < -0.39 is 0 Å². The number of hydrogen-bond acceptors (Lipinski definition) is 3. The maximum absolute atomic E-state index is 8.62. The fraction of sp³-hybridized carbons (Fsp3) is 0.0769. The van der Waals surface area contributed by atoms with E-state index in [0.717, 1.165) is 5.56 Å². The minimum absolute atomic E-state index is 0.354. The number of benzene rings is 1. The Balaban J connectivity index is 2.25. The van der Waals surface area contributed by atoms with Crippen LogP contribution in [0.15, 0.2) is 36.5 Å². The average molecular weight is 245 g/mol. The molecule has 84 valence electrons. The molecule has 1 heterocycles. The summed E-state index contributed by atoms with van der Waals surface area (Å²) in [6, 6.07) is 10.8. The van der Waals surface area contributed by atoms with Crippen LogP contribution in [-0.4, -0.2) is 4.98 Å².